The smallest absolute Gasteiger partial charge is 0.399 e. The minimum absolute atomic E-state index is 0.229. The summed E-state index contributed by atoms with van der Waals surface area (Å²) in [5.74, 6) is 0. The fourth-order valence-electron chi connectivity index (χ4n) is 4.72. The fraction of sp³-hybridized carbons (Fsp3) is 0.700. The van der Waals surface area contributed by atoms with Gasteiger partial charge in [0.05, 0.1) is 11.2 Å². The summed E-state index contributed by atoms with van der Waals surface area (Å²) in [5, 5.41) is 0. The van der Waals surface area contributed by atoms with Crippen molar-refractivity contribution in [3.05, 3.63) is 29.3 Å². The molecule has 1 aromatic carbocycles. The number of hydrogen-bond donors (Lipinski definition) is 0. The van der Waals surface area contributed by atoms with Crippen molar-refractivity contribution in [1.82, 2.24) is 0 Å². The second-order valence-electron chi connectivity index (χ2n) is 8.85. The molecular formula is C20H29BO2. The first kappa shape index (κ1) is 15.7. The third-order valence-electron chi connectivity index (χ3n) is 6.91. The average Bonchev–Trinajstić information content (AvgIpc) is 2.95. The molecule has 0 N–H and O–H groups in total. The molecule has 1 aliphatic heterocycles. The number of aryl methyl sites for hydroxylation is 1. The Morgan fingerprint density at radius 2 is 1.52 bits per heavy atom. The second-order valence-corrected chi connectivity index (χ2v) is 8.85. The molecule has 2 fully saturated rings. The maximum Gasteiger partial charge on any atom is 0.494 e. The molecule has 1 spiro atoms. The molecule has 2 nitrogen and oxygen atoms in total. The van der Waals surface area contributed by atoms with Crippen molar-refractivity contribution in [2.24, 2.45) is 0 Å². The maximum absolute atomic E-state index is 6.22. The van der Waals surface area contributed by atoms with Gasteiger partial charge >= 0.3 is 7.12 Å². The summed E-state index contributed by atoms with van der Waals surface area (Å²) in [6.07, 6.45) is 9.56. The third kappa shape index (κ3) is 2.39. The fourth-order valence-corrected chi connectivity index (χ4v) is 4.72. The highest BCUT2D eigenvalue weighted by molar-refractivity contribution is 6.62. The molecule has 0 bridgehead atoms. The molecule has 0 radical (unpaired) electrons. The number of hydrogen-bond acceptors (Lipinski definition) is 2. The van der Waals surface area contributed by atoms with Crippen molar-refractivity contribution >= 4 is 12.6 Å². The molecule has 4 rings (SSSR count). The quantitative estimate of drug-likeness (QED) is 0.726. The molecule has 23 heavy (non-hydrogen) atoms. The van der Waals surface area contributed by atoms with E-state index in [9.17, 15) is 0 Å². The van der Waals surface area contributed by atoms with E-state index in [1.165, 1.54) is 50.4 Å². The zero-order chi connectivity index (χ0) is 16.3. The first-order valence-electron chi connectivity index (χ1n) is 9.32. The van der Waals surface area contributed by atoms with Crippen LogP contribution in [0.25, 0.3) is 0 Å². The first-order valence-corrected chi connectivity index (χ1v) is 9.32. The van der Waals surface area contributed by atoms with Crippen LogP contribution in [-0.4, -0.2) is 18.3 Å². The molecule has 1 heterocycles. The van der Waals surface area contributed by atoms with Gasteiger partial charge in [-0.3, -0.25) is 0 Å². The van der Waals surface area contributed by atoms with E-state index in [0.29, 0.717) is 5.41 Å². The van der Waals surface area contributed by atoms with Crippen LogP contribution in [-0.2, 0) is 21.1 Å². The normalized spacial score (nSPS) is 27.4. The van der Waals surface area contributed by atoms with Gasteiger partial charge in [0.1, 0.15) is 0 Å². The Labute approximate surface area is 141 Å². The summed E-state index contributed by atoms with van der Waals surface area (Å²) < 4.78 is 12.4. The highest BCUT2D eigenvalue weighted by Gasteiger charge is 2.52. The zero-order valence-corrected chi connectivity index (χ0v) is 15.1. The minimum atomic E-state index is -0.263. The van der Waals surface area contributed by atoms with Gasteiger partial charge in [-0.2, -0.15) is 0 Å². The Morgan fingerprint density at radius 1 is 0.870 bits per heavy atom. The van der Waals surface area contributed by atoms with Crippen molar-refractivity contribution in [2.75, 3.05) is 0 Å². The summed E-state index contributed by atoms with van der Waals surface area (Å²) in [6.45, 7) is 8.49. The Bertz CT molecular complexity index is 598. The van der Waals surface area contributed by atoms with E-state index in [1.54, 1.807) is 11.1 Å². The van der Waals surface area contributed by atoms with Gasteiger partial charge < -0.3 is 9.31 Å². The molecule has 3 heteroatoms. The van der Waals surface area contributed by atoms with E-state index in [1.807, 2.05) is 0 Å². The highest BCUT2D eigenvalue weighted by atomic mass is 16.7. The van der Waals surface area contributed by atoms with Crippen LogP contribution >= 0.6 is 0 Å². The summed E-state index contributed by atoms with van der Waals surface area (Å²) in [6, 6.07) is 7.00. The van der Waals surface area contributed by atoms with Crippen molar-refractivity contribution in [3.63, 3.8) is 0 Å². The molecular weight excluding hydrogens is 283 g/mol. The van der Waals surface area contributed by atoms with Crippen LogP contribution in [0.4, 0.5) is 0 Å². The molecule has 0 unspecified atom stereocenters. The lowest BCUT2D eigenvalue weighted by Gasteiger charge is -2.34. The van der Waals surface area contributed by atoms with Crippen LogP contribution < -0.4 is 5.46 Å². The molecule has 3 aliphatic rings. The minimum Gasteiger partial charge on any atom is -0.399 e. The Morgan fingerprint density at radius 3 is 2.17 bits per heavy atom. The lowest BCUT2D eigenvalue weighted by atomic mass is 9.69. The molecule has 1 aromatic rings. The SMILES string of the molecule is CC1(C)OB(c2ccc3c(c2)CCC32CCCCC2)OC1(C)C. The van der Waals surface area contributed by atoms with Gasteiger partial charge in [-0.1, -0.05) is 37.5 Å². The van der Waals surface area contributed by atoms with E-state index < -0.39 is 0 Å². The van der Waals surface area contributed by atoms with E-state index in [0.717, 1.165) is 0 Å². The van der Waals surface area contributed by atoms with Crippen molar-refractivity contribution < 1.29 is 9.31 Å². The van der Waals surface area contributed by atoms with Crippen LogP contribution in [0.1, 0.15) is 77.3 Å². The van der Waals surface area contributed by atoms with Gasteiger partial charge in [-0.15, -0.1) is 0 Å². The van der Waals surface area contributed by atoms with Crippen LogP contribution in [0.3, 0.4) is 0 Å². The lowest BCUT2D eigenvalue weighted by molar-refractivity contribution is 0.00578. The Balaban J connectivity index is 1.62. The predicted octanol–water partition coefficient (Wildman–Crippen LogP) is 4.13. The van der Waals surface area contributed by atoms with Gasteiger partial charge in [-0.25, -0.2) is 0 Å². The Kier molecular flexibility index (Phi) is 3.48. The van der Waals surface area contributed by atoms with E-state index in [2.05, 4.69) is 45.9 Å². The zero-order valence-electron chi connectivity index (χ0n) is 15.1. The molecule has 124 valence electrons. The van der Waals surface area contributed by atoms with Crippen molar-refractivity contribution in [2.45, 2.75) is 89.3 Å². The number of benzene rings is 1. The first-order chi connectivity index (χ1) is 10.8. The van der Waals surface area contributed by atoms with Gasteiger partial charge in [0, 0.05) is 0 Å². The summed E-state index contributed by atoms with van der Waals surface area (Å²) in [7, 11) is -0.229. The molecule has 1 saturated heterocycles. The van der Waals surface area contributed by atoms with Crippen LogP contribution in [0, 0.1) is 0 Å². The number of fused-ring (bicyclic) bond motifs is 2. The van der Waals surface area contributed by atoms with Gasteiger partial charge in [0.15, 0.2) is 0 Å². The van der Waals surface area contributed by atoms with Gasteiger partial charge in [-0.05, 0) is 75.4 Å². The summed E-state index contributed by atoms with van der Waals surface area (Å²) in [4.78, 5) is 0. The van der Waals surface area contributed by atoms with E-state index in [4.69, 9.17) is 9.31 Å². The van der Waals surface area contributed by atoms with Gasteiger partial charge in [0.2, 0.25) is 0 Å². The molecule has 2 aliphatic carbocycles. The second kappa shape index (κ2) is 5.10. The molecule has 0 atom stereocenters. The monoisotopic (exact) mass is 312 g/mol. The molecule has 0 aromatic heterocycles. The standard InChI is InChI=1S/C20H29BO2/c1-18(2)19(3,4)23-21(22-18)16-8-9-17-15(14-16)10-13-20(17)11-6-5-7-12-20/h8-9,14H,5-7,10-13H2,1-4H3. The lowest BCUT2D eigenvalue weighted by Crippen LogP contribution is -2.41. The van der Waals surface area contributed by atoms with Crippen LogP contribution in [0.5, 0.6) is 0 Å². The van der Waals surface area contributed by atoms with Crippen LogP contribution in [0.2, 0.25) is 0 Å². The predicted molar refractivity (Wildman–Crippen MR) is 95.2 cm³/mol. The Hall–Kier alpha value is -0.795. The highest BCUT2D eigenvalue weighted by Crippen LogP contribution is 2.48. The maximum atomic E-state index is 6.22. The topological polar surface area (TPSA) is 18.5 Å². The average molecular weight is 312 g/mol. The van der Waals surface area contributed by atoms with E-state index in [-0.39, 0.29) is 18.3 Å². The summed E-state index contributed by atoms with van der Waals surface area (Å²) in [5.41, 5.74) is 4.32. The number of rotatable bonds is 1. The van der Waals surface area contributed by atoms with Crippen molar-refractivity contribution in [3.8, 4) is 0 Å². The van der Waals surface area contributed by atoms with E-state index >= 15 is 0 Å². The largest absolute Gasteiger partial charge is 0.494 e. The molecule has 1 saturated carbocycles. The summed E-state index contributed by atoms with van der Waals surface area (Å²) >= 11 is 0. The molecule has 0 amide bonds. The van der Waals surface area contributed by atoms with Crippen molar-refractivity contribution in [1.29, 1.82) is 0 Å². The third-order valence-corrected chi connectivity index (χ3v) is 6.91. The van der Waals surface area contributed by atoms with Crippen LogP contribution in [0.15, 0.2) is 18.2 Å². The van der Waals surface area contributed by atoms with Gasteiger partial charge in [0.25, 0.3) is 0 Å².